The molecule has 1 rings (SSSR count). The van der Waals surface area contributed by atoms with Crippen molar-refractivity contribution in [3.05, 3.63) is 71.9 Å². The van der Waals surface area contributed by atoms with E-state index in [1.807, 2.05) is 71.0 Å². The monoisotopic (exact) mass is 387 g/mol. The van der Waals surface area contributed by atoms with Gasteiger partial charge in [-0.3, -0.25) is 10.0 Å². The summed E-state index contributed by atoms with van der Waals surface area (Å²) in [5.74, 6) is 0.230. The lowest BCUT2D eigenvalue weighted by Gasteiger charge is -2.12. The summed E-state index contributed by atoms with van der Waals surface area (Å²) in [4.78, 5) is 10.9. The zero-order chi connectivity index (χ0) is 20.7. The largest absolute Gasteiger partial charge is 0.487 e. The molecule has 1 aromatic rings. The van der Waals surface area contributed by atoms with E-state index >= 15 is 0 Å². The van der Waals surface area contributed by atoms with Crippen LogP contribution in [0.15, 0.2) is 66.3 Å². The maximum Gasteiger partial charge on any atom is 0.267 e. The summed E-state index contributed by atoms with van der Waals surface area (Å²) in [6, 6.07) is 8.01. The highest BCUT2D eigenvalue weighted by molar-refractivity contribution is 5.86. The topological polar surface area (TPSA) is 58.6 Å². The molecule has 0 saturated heterocycles. The normalized spacial score (nSPS) is 12.8. The highest BCUT2D eigenvalue weighted by Gasteiger charge is 2.02. The molecule has 0 aromatic heterocycles. The average molecular weight is 388 g/mol. The summed E-state index contributed by atoms with van der Waals surface area (Å²) in [6.45, 7) is 11.9. The van der Waals surface area contributed by atoms with Crippen molar-refractivity contribution in [3.63, 3.8) is 0 Å². The number of hydrogen-bond acceptors (Lipinski definition) is 3. The molecule has 0 fully saturated rings. The van der Waals surface area contributed by atoms with E-state index in [-0.39, 0.29) is 13.5 Å². The van der Waals surface area contributed by atoms with Crippen LogP contribution in [0, 0.1) is 0 Å². The Morgan fingerprint density at radius 3 is 2.32 bits per heavy atom. The summed E-state index contributed by atoms with van der Waals surface area (Å²) in [7, 11) is 0. The minimum Gasteiger partial charge on any atom is -0.487 e. The molecule has 0 heterocycles. The van der Waals surface area contributed by atoms with Crippen molar-refractivity contribution in [1.82, 2.24) is 5.48 Å². The fraction of sp³-hybridized carbons (Fsp3) is 0.375. The number of amides is 1. The minimum absolute atomic E-state index is 0. The van der Waals surface area contributed by atoms with Crippen molar-refractivity contribution in [2.24, 2.45) is 0 Å². The van der Waals surface area contributed by atoms with Gasteiger partial charge in [0.05, 0.1) is 0 Å². The molecule has 1 atom stereocenters. The number of carbonyl (C=O) groups is 1. The number of rotatable bonds is 8. The second kappa shape index (κ2) is 16.6. The maximum absolute atomic E-state index is 10.9. The first-order valence-corrected chi connectivity index (χ1v) is 9.31. The Labute approximate surface area is 171 Å². The highest BCUT2D eigenvalue weighted by Crippen LogP contribution is 2.20. The Balaban J connectivity index is 0. The van der Waals surface area contributed by atoms with Crippen LogP contribution in [0.1, 0.15) is 61.0 Å². The van der Waals surface area contributed by atoms with Crippen LogP contribution in [0.5, 0.6) is 5.75 Å². The van der Waals surface area contributed by atoms with Gasteiger partial charge in [-0.1, -0.05) is 63.3 Å². The van der Waals surface area contributed by atoms with E-state index in [2.05, 4.69) is 19.1 Å². The van der Waals surface area contributed by atoms with Crippen LogP contribution in [0.25, 0.3) is 5.57 Å². The second-order valence-corrected chi connectivity index (χ2v) is 5.76. The van der Waals surface area contributed by atoms with Crippen LogP contribution in [0.3, 0.4) is 0 Å². The number of carbonyl (C=O) groups excluding carboxylic acids is 1. The van der Waals surface area contributed by atoms with E-state index in [4.69, 9.17) is 9.94 Å². The molecule has 0 spiro atoms. The van der Waals surface area contributed by atoms with Crippen LogP contribution in [-0.2, 0) is 4.79 Å². The number of hydrogen-bond donors (Lipinski definition) is 2. The van der Waals surface area contributed by atoms with Crippen LogP contribution < -0.4 is 10.2 Å². The summed E-state index contributed by atoms with van der Waals surface area (Å²) in [6.07, 6.45) is 11.9. The molecule has 4 heteroatoms. The fourth-order valence-corrected chi connectivity index (χ4v) is 2.21. The van der Waals surface area contributed by atoms with Crippen molar-refractivity contribution in [2.45, 2.75) is 61.5 Å². The number of hydroxylamine groups is 1. The molecule has 0 saturated carbocycles. The van der Waals surface area contributed by atoms with Gasteiger partial charge >= 0.3 is 0 Å². The first kappa shape index (κ1) is 27.6. The molecule has 0 aliphatic rings. The number of allylic oxidation sites excluding steroid dienone is 6. The van der Waals surface area contributed by atoms with E-state index in [1.54, 1.807) is 11.6 Å². The van der Waals surface area contributed by atoms with Gasteiger partial charge in [0.2, 0.25) is 0 Å². The molecular formula is C24H37NO3. The lowest BCUT2D eigenvalue weighted by molar-refractivity contribution is -0.124. The van der Waals surface area contributed by atoms with E-state index in [0.717, 1.165) is 17.7 Å². The predicted molar refractivity (Wildman–Crippen MR) is 121 cm³/mol. The molecule has 0 bridgehead atoms. The molecule has 2 N–H and O–H groups in total. The molecule has 0 aliphatic heterocycles. The highest BCUT2D eigenvalue weighted by atomic mass is 16.5. The average Bonchev–Trinajstić information content (AvgIpc) is 2.68. The van der Waals surface area contributed by atoms with Crippen molar-refractivity contribution in [2.75, 3.05) is 0 Å². The predicted octanol–water partition coefficient (Wildman–Crippen LogP) is 6.49. The third-order valence-electron chi connectivity index (χ3n) is 3.53. The van der Waals surface area contributed by atoms with Gasteiger partial charge in [0, 0.05) is 6.08 Å². The molecule has 156 valence electrons. The van der Waals surface area contributed by atoms with Crippen molar-refractivity contribution in [1.29, 1.82) is 0 Å². The van der Waals surface area contributed by atoms with Gasteiger partial charge in [-0.2, -0.15) is 0 Å². The van der Waals surface area contributed by atoms with Crippen LogP contribution in [-0.4, -0.2) is 17.2 Å². The first-order valence-electron chi connectivity index (χ1n) is 9.31. The Kier molecular flexibility index (Phi) is 16.4. The quantitative estimate of drug-likeness (QED) is 0.176. The van der Waals surface area contributed by atoms with E-state index < -0.39 is 5.91 Å². The number of nitrogens with one attached hydrogen (secondary N) is 1. The number of benzene rings is 1. The van der Waals surface area contributed by atoms with Crippen molar-refractivity contribution >= 4 is 11.5 Å². The molecule has 0 aliphatic carbocycles. The van der Waals surface area contributed by atoms with Gasteiger partial charge in [0.25, 0.3) is 5.91 Å². The Hall–Kier alpha value is -2.59. The zero-order valence-corrected chi connectivity index (χ0v) is 17.3. The second-order valence-electron chi connectivity index (χ2n) is 5.76. The van der Waals surface area contributed by atoms with Crippen molar-refractivity contribution in [3.8, 4) is 5.75 Å². The molecule has 0 radical (unpaired) electrons. The van der Waals surface area contributed by atoms with Gasteiger partial charge in [-0.05, 0) is 63.5 Å². The third-order valence-corrected chi connectivity index (χ3v) is 3.53. The van der Waals surface area contributed by atoms with E-state index in [1.165, 1.54) is 17.2 Å². The maximum atomic E-state index is 10.9. The molecule has 1 amide bonds. The van der Waals surface area contributed by atoms with Gasteiger partial charge < -0.3 is 4.74 Å². The fourth-order valence-electron chi connectivity index (χ4n) is 2.21. The van der Waals surface area contributed by atoms with Gasteiger partial charge in [0.15, 0.2) is 0 Å². The van der Waals surface area contributed by atoms with Crippen LogP contribution in [0.2, 0.25) is 0 Å². The standard InChI is InChI=1S/C21H27NO3.C2H6.CH4/c1-5-6-7-8-17(3)19-10-12-20(13-11-19)25-18(4)15-16(2)9-14-21(23)22-24;1-2;/h5-6,8-15,18,24H,7H2,1-4H3,(H,22,23);1-2H3;1H4/b6-5-,14-9+,16-15+,17-8+;;. The van der Waals surface area contributed by atoms with Crippen molar-refractivity contribution < 1.29 is 14.7 Å². The van der Waals surface area contributed by atoms with Crippen LogP contribution in [0.4, 0.5) is 0 Å². The van der Waals surface area contributed by atoms with E-state index in [9.17, 15) is 4.79 Å². The Bertz CT molecular complexity index is 668. The zero-order valence-electron chi connectivity index (χ0n) is 17.3. The van der Waals surface area contributed by atoms with E-state index in [0.29, 0.717) is 0 Å². The number of ether oxygens (including phenoxy) is 1. The molecular weight excluding hydrogens is 350 g/mol. The molecule has 1 unspecified atom stereocenters. The van der Waals surface area contributed by atoms with Gasteiger partial charge in [0.1, 0.15) is 11.9 Å². The molecule has 1 aromatic carbocycles. The summed E-state index contributed by atoms with van der Waals surface area (Å²) < 4.78 is 5.86. The van der Waals surface area contributed by atoms with Gasteiger partial charge in [-0.15, -0.1) is 0 Å². The Morgan fingerprint density at radius 1 is 1.18 bits per heavy atom. The summed E-state index contributed by atoms with van der Waals surface area (Å²) in [5.41, 5.74) is 4.83. The smallest absolute Gasteiger partial charge is 0.267 e. The van der Waals surface area contributed by atoms with Gasteiger partial charge in [-0.25, -0.2) is 5.48 Å². The minimum atomic E-state index is -0.560. The molecule has 4 nitrogen and oxygen atoms in total. The van der Waals surface area contributed by atoms with Crippen LogP contribution >= 0.6 is 0 Å². The lowest BCUT2D eigenvalue weighted by Crippen LogP contribution is -2.15. The third kappa shape index (κ3) is 11.9. The SMILES string of the molecule is C.C/C=C\C/C=C(\C)c1ccc(OC(C)/C=C(C)/C=C/C(=O)NO)cc1.CC. The summed E-state index contributed by atoms with van der Waals surface area (Å²) >= 11 is 0. The Morgan fingerprint density at radius 2 is 1.79 bits per heavy atom. The summed E-state index contributed by atoms with van der Waals surface area (Å²) in [5, 5.41) is 8.44. The first-order chi connectivity index (χ1) is 13.0. The lowest BCUT2D eigenvalue weighted by atomic mass is 10.1. The molecule has 28 heavy (non-hydrogen) atoms.